The van der Waals surface area contributed by atoms with Crippen LogP contribution >= 0.6 is 0 Å². The van der Waals surface area contributed by atoms with E-state index in [1.807, 2.05) is 24.3 Å². The maximum Gasteiger partial charge on any atom is 0.320 e. The summed E-state index contributed by atoms with van der Waals surface area (Å²) in [5, 5.41) is 13.4. The number of hydrogen-bond donors (Lipinski definition) is 2. The van der Waals surface area contributed by atoms with E-state index in [1.54, 1.807) is 32.4 Å². The van der Waals surface area contributed by atoms with E-state index < -0.39 is 5.91 Å². The molecule has 1 fully saturated rings. The van der Waals surface area contributed by atoms with Crippen LogP contribution < -0.4 is 20.1 Å². The van der Waals surface area contributed by atoms with E-state index in [0.29, 0.717) is 41.1 Å². The van der Waals surface area contributed by atoms with Gasteiger partial charge in [0.25, 0.3) is 0 Å². The van der Waals surface area contributed by atoms with E-state index in [4.69, 9.17) is 18.6 Å². The number of nitrogens with one attached hydrogen (secondary N) is 2. The normalized spacial score (nSPS) is 17.2. The smallest absolute Gasteiger partial charge is 0.320 e. The van der Waals surface area contributed by atoms with Crippen LogP contribution in [0.25, 0.3) is 0 Å². The Bertz CT molecular complexity index is 1190. The Morgan fingerprint density at radius 1 is 0.917 bits per heavy atom. The van der Waals surface area contributed by atoms with E-state index in [-0.39, 0.29) is 17.9 Å². The minimum atomic E-state index is -0.501. The van der Waals surface area contributed by atoms with Gasteiger partial charge in [-0.15, -0.1) is 5.10 Å². The average molecular weight is 495 g/mol. The second-order valence-electron chi connectivity index (χ2n) is 8.68. The fraction of sp³-hybridized carbons (Fsp3) is 0.385. The summed E-state index contributed by atoms with van der Waals surface area (Å²) in [5.74, 6) is 1.18. The van der Waals surface area contributed by atoms with Crippen LogP contribution in [0.15, 0.2) is 46.9 Å². The van der Waals surface area contributed by atoms with Crippen molar-refractivity contribution in [3.63, 3.8) is 0 Å². The first-order chi connectivity index (χ1) is 17.5. The Hall–Kier alpha value is -4.08. The highest BCUT2D eigenvalue weighted by molar-refractivity contribution is 6.00. The lowest BCUT2D eigenvalue weighted by atomic mass is 9.77. The summed E-state index contributed by atoms with van der Waals surface area (Å²) >= 11 is 0. The molecule has 0 saturated heterocycles. The summed E-state index contributed by atoms with van der Waals surface area (Å²) in [6.07, 6.45) is 4.58. The number of amides is 1. The Morgan fingerprint density at radius 3 is 2.28 bits per heavy atom. The van der Waals surface area contributed by atoms with Crippen molar-refractivity contribution in [2.45, 2.75) is 38.0 Å². The highest BCUT2D eigenvalue weighted by Gasteiger charge is 2.24. The van der Waals surface area contributed by atoms with Gasteiger partial charge in [0.1, 0.15) is 0 Å². The lowest BCUT2D eigenvalue weighted by molar-refractivity contribution is -0.142. The van der Waals surface area contributed by atoms with Crippen LogP contribution in [0.5, 0.6) is 11.5 Å². The molecule has 0 unspecified atom stereocenters. The number of nitrogens with zero attached hydrogens (tertiary/aromatic N) is 2. The molecule has 4 rings (SSSR count). The SMILES string of the molecule is COC(=O)CC1CCC(c2ccc(NC(=O)c3nnc(Nc4ccc(OC)c(OC)c4)o3)cc2)CC1. The quantitative estimate of drug-likeness (QED) is 0.399. The molecule has 10 nitrogen and oxygen atoms in total. The van der Waals surface area contributed by atoms with Crippen molar-refractivity contribution in [1.29, 1.82) is 0 Å². The molecule has 0 atom stereocenters. The third-order valence-electron chi connectivity index (χ3n) is 6.42. The van der Waals surface area contributed by atoms with Crippen molar-refractivity contribution in [2.24, 2.45) is 5.92 Å². The molecule has 10 heteroatoms. The predicted octanol–water partition coefficient (Wildman–Crippen LogP) is 4.92. The van der Waals surface area contributed by atoms with Crippen molar-refractivity contribution in [2.75, 3.05) is 32.0 Å². The van der Waals surface area contributed by atoms with Gasteiger partial charge < -0.3 is 29.3 Å². The molecule has 3 aromatic rings. The number of ether oxygens (including phenoxy) is 3. The summed E-state index contributed by atoms with van der Waals surface area (Å²) in [5.41, 5.74) is 2.50. The van der Waals surface area contributed by atoms with Gasteiger partial charge in [-0.1, -0.05) is 17.2 Å². The van der Waals surface area contributed by atoms with Gasteiger partial charge in [-0.25, -0.2) is 0 Å². The molecule has 1 aliphatic carbocycles. The van der Waals surface area contributed by atoms with E-state index in [2.05, 4.69) is 20.8 Å². The zero-order valence-corrected chi connectivity index (χ0v) is 20.6. The van der Waals surface area contributed by atoms with Gasteiger partial charge in [0.15, 0.2) is 11.5 Å². The fourth-order valence-electron chi connectivity index (χ4n) is 4.45. The van der Waals surface area contributed by atoms with E-state index in [1.165, 1.54) is 12.7 Å². The molecule has 1 aliphatic rings. The van der Waals surface area contributed by atoms with Crippen LogP contribution in [0.2, 0.25) is 0 Å². The van der Waals surface area contributed by atoms with Crippen LogP contribution in [0, 0.1) is 5.92 Å². The molecule has 190 valence electrons. The molecule has 2 aromatic carbocycles. The van der Waals surface area contributed by atoms with Crippen molar-refractivity contribution < 1.29 is 28.2 Å². The molecule has 36 heavy (non-hydrogen) atoms. The first-order valence-electron chi connectivity index (χ1n) is 11.8. The predicted molar refractivity (Wildman–Crippen MR) is 133 cm³/mol. The van der Waals surface area contributed by atoms with E-state index >= 15 is 0 Å². The third kappa shape index (κ3) is 6.12. The lowest BCUT2D eigenvalue weighted by Crippen LogP contribution is -2.17. The molecular weight excluding hydrogens is 464 g/mol. The largest absolute Gasteiger partial charge is 0.493 e. The lowest BCUT2D eigenvalue weighted by Gasteiger charge is -2.28. The minimum absolute atomic E-state index is 0.0746. The van der Waals surface area contributed by atoms with Gasteiger partial charge in [-0.2, -0.15) is 0 Å². The van der Waals surface area contributed by atoms with E-state index in [0.717, 1.165) is 25.7 Å². The number of hydrogen-bond acceptors (Lipinski definition) is 9. The fourth-order valence-corrected chi connectivity index (χ4v) is 4.45. The number of esters is 1. The number of carbonyl (C=O) groups is 2. The second kappa shape index (κ2) is 11.6. The molecule has 2 N–H and O–H groups in total. The molecule has 0 radical (unpaired) electrons. The number of anilines is 3. The van der Waals surface area contributed by atoms with Crippen LogP contribution in [-0.4, -0.2) is 43.4 Å². The number of aromatic nitrogens is 2. The zero-order valence-electron chi connectivity index (χ0n) is 20.6. The molecular formula is C26H30N4O6. The van der Waals surface area contributed by atoms with Crippen LogP contribution in [0.1, 0.15) is 54.3 Å². The van der Waals surface area contributed by atoms with Gasteiger partial charge in [0, 0.05) is 23.9 Å². The standard InChI is InChI=1S/C26H30N4O6/c1-33-21-13-12-20(15-22(21)34-2)28-26-30-29-25(36-26)24(32)27-19-10-8-18(9-11-19)17-6-4-16(5-7-17)14-23(31)35-3/h8-13,15-17H,4-7,14H2,1-3H3,(H,27,32)(H,28,30). The second-order valence-corrected chi connectivity index (χ2v) is 8.68. The highest BCUT2D eigenvalue weighted by atomic mass is 16.5. The third-order valence-corrected chi connectivity index (χ3v) is 6.42. The molecule has 1 amide bonds. The molecule has 0 bridgehead atoms. The van der Waals surface area contributed by atoms with Crippen molar-refractivity contribution in [1.82, 2.24) is 10.2 Å². The summed E-state index contributed by atoms with van der Waals surface area (Å²) in [6, 6.07) is 13.1. The number of methoxy groups -OCH3 is 3. The van der Waals surface area contributed by atoms with Crippen LogP contribution in [0.3, 0.4) is 0 Å². The van der Waals surface area contributed by atoms with Crippen molar-refractivity contribution in [3.8, 4) is 11.5 Å². The number of benzene rings is 2. The topological polar surface area (TPSA) is 125 Å². The Morgan fingerprint density at radius 2 is 1.61 bits per heavy atom. The van der Waals surface area contributed by atoms with Gasteiger partial charge in [-0.05, 0) is 67.3 Å². The average Bonchev–Trinajstić information content (AvgIpc) is 3.38. The highest BCUT2D eigenvalue weighted by Crippen LogP contribution is 2.37. The monoisotopic (exact) mass is 494 g/mol. The molecule has 1 aromatic heterocycles. The molecule has 1 saturated carbocycles. The van der Waals surface area contributed by atoms with Crippen molar-refractivity contribution >= 4 is 29.3 Å². The first-order valence-corrected chi connectivity index (χ1v) is 11.8. The molecule has 0 aliphatic heterocycles. The van der Waals surface area contributed by atoms with Crippen LogP contribution in [0.4, 0.5) is 17.4 Å². The van der Waals surface area contributed by atoms with Gasteiger partial charge in [0.2, 0.25) is 0 Å². The summed E-state index contributed by atoms with van der Waals surface area (Å²) in [4.78, 5) is 24.1. The minimum Gasteiger partial charge on any atom is -0.493 e. The maximum absolute atomic E-state index is 12.6. The maximum atomic E-state index is 12.6. The van der Waals surface area contributed by atoms with Crippen LogP contribution in [-0.2, 0) is 9.53 Å². The van der Waals surface area contributed by atoms with Gasteiger partial charge >= 0.3 is 23.8 Å². The van der Waals surface area contributed by atoms with Gasteiger partial charge in [0.05, 0.1) is 21.3 Å². The molecule has 0 spiro atoms. The first kappa shape index (κ1) is 25.0. The Kier molecular flexibility index (Phi) is 8.04. The zero-order chi connectivity index (χ0) is 25.5. The van der Waals surface area contributed by atoms with Crippen molar-refractivity contribution in [3.05, 3.63) is 53.9 Å². The van der Waals surface area contributed by atoms with E-state index in [9.17, 15) is 9.59 Å². The summed E-state index contributed by atoms with van der Waals surface area (Å²) in [7, 11) is 4.53. The number of carbonyl (C=O) groups excluding carboxylic acids is 2. The molecule has 1 heterocycles. The van der Waals surface area contributed by atoms with Gasteiger partial charge in [-0.3, -0.25) is 9.59 Å². The Labute approximate surface area is 209 Å². The summed E-state index contributed by atoms with van der Waals surface area (Å²) < 4.78 is 20.8. The Balaban J connectivity index is 1.31. The summed E-state index contributed by atoms with van der Waals surface area (Å²) in [6.45, 7) is 0. The number of rotatable bonds is 9.